The van der Waals surface area contributed by atoms with Crippen LogP contribution < -0.4 is 10.6 Å². The number of benzene rings is 1. The first kappa shape index (κ1) is 19.9. The molecule has 0 radical (unpaired) electrons. The second kappa shape index (κ2) is 12.3. The van der Waals surface area contributed by atoms with Gasteiger partial charge in [-0.2, -0.15) is 0 Å². The molecule has 1 aromatic carbocycles. The normalized spacial score (nSPS) is 10.5. The zero-order valence-corrected chi connectivity index (χ0v) is 13.7. The van der Waals surface area contributed by atoms with Gasteiger partial charge in [-0.15, -0.1) is 0 Å². The van der Waals surface area contributed by atoms with Gasteiger partial charge in [0.2, 0.25) is 5.91 Å². The van der Waals surface area contributed by atoms with Gasteiger partial charge >= 0.3 is 6.09 Å². The van der Waals surface area contributed by atoms with Gasteiger partial charge in [0.1, 0.15) is 6.61 Å². The maximum Gasteiger partial charge on any atom is 0.407 e. The first-order valence-corrected chi connectivity index (χ1v) is 8.11. The van der Waals surface area contributed by atoms with Crippen molar-refractivity contribution in [2.24, 2.45) is 0 Å². The highest BCUT2D eigenvalue weighted by molar-refractivity contribution is 5.76. The molecule has 0 aliphatic carbocycles. The number of carbonyl (C=O) groups is 2. The smallest absolute Gasteiger partial charge is 0.407 e. The minimum atomic E-state index is -0.599. The fourth-order valence-electron chi connectivity index (χ4n) is 2.00. The van der Waals surface area contributed by atoms with E-state index in [9.17, 15) is 9.59 Å². The van der Waals surface area contributed by atoms with Crippen LogP contribution in [0.25, 0.3) is 0 Å². The van der Waals surface area contributed by atoms with E-state index < -0.39 is 12.1 Å². The summed E-state index contributed by atoms with van der Waals surface area (Å²) in [7, 11) is 0. The van der Waals surface area contributed by atoms with Crippen molar-refractivity contribution in [3.63, 3.8) is 0 Å². The molecule has 0 aromatic heterocycles. The van der Waals surface area contributed by atoms with Crippen molar-refractivity contribution in [3.8, 4) is 0 Å². The Kier molecular flexibility index (Phi) is 10.2. The van der Waals surface area contributed by atoms with Gasteiger partial charge in [0, 0.05) is 13.0 Å². The number of carbonyl (C=O) groups excluding carboxylic acids is 2. The summed E-state index contributed by atoms with van der Waals surface area (Å²) in [6.45, 7) is 0.170. The van der Waals surface area contributed by atoms with E-state index in [4.69, 9.17) is 14.9 Å². The zero-order chi connectivity index (χ0) is 17.6. The molecule has 0 spiro atoms. The molecule has 7 nitrogen and oxygen atoms in total. The standard InChI is InChI=1S/C17H26N2O5/c20-11-15(12-21)19-16(22)9-5-2-6-10-18-17(23)24-13-14-7-3-1-4-8-14/h1,3-4,7-8,15,20-21H,2,5-6,9-13H2,(H,18,23)(H,19,22). The second-order valence-electron chi connectivity index (χ2n) is 5.43. The van der Waals surface area contributed by atoms with Crippen LogP contribution in [0.5, 0.6) is 0 Å². The molecule has 0 saturated heterocycles. The highest BCUT2D eigenvalue weighted by Gasteiger charge is 2.09. The lowest BCUT2D eigenvalue weighted by atomic mass is 10.2. The molecule has 0 aliphatic rings. The number of alkyl carbamates (subject to hydrolysis) is 1. The average Bonchev–Trinajstić information content (AvgIpc) is 2.61. The van der Waals surface area contributed by atoms with E-state index in [1.54, 1.807) is 0 Å². The molecule has 134 valence electrons. The predicted octanol–water partition coefficient (Wildman–Crippen LogP) is 0.943. The fraction of sp³-hybridized carbons (Fsp3) is 0.529. The first-order chi connectivity index (χ1) is 11.7. The van der Waals surface area contributed by atoms with Crippen molar-refractivity contribution >= 4 is 12.0 Å². The summed E-state index contributed by atoms with van der Waals surface area (Å²) in [6.07, 6.45) is 2.09. The number of hydrogen-bond acceptors (Lipinski definition) is 5. The van der Waals surface area contributed by atoms with Crippen molar-refractivity contribution < 1.29 is 24.5 Å². The molecule has 0 saturated carbocycles. The van der Waals surface area contributed by atoms with E-state index in [0.717, 1.165) is 18.4 Å². The molecule has 4 N–H and O–H groups in total. The predicted molar refractivity (Wildman–Crippen MR) is 89.2 cm³/mol. The van der Waals surface area contributed by atoms with Crippen LogP contribution in [0.2, 0.25) is 0 Å². The topological polar surface area (TPSA) is 108 Å². The lowest BCUT2D eigenvalue weighted by Crippen LogP contribution is -2.39. The molecule has 0 bridgehead atoms. The van der Waals surface area contributed by atoms with Crippen molar-refractivity contribution in [2.45, 2.75) is 38.3 Å². The molecule has 0 aliphatic heterocycles. The Bertz CT molecular complexity index is 477. The molecule has 1 rings (SSSR count). The highest BCUT2D eigenvalue weighted by Crippen LogP contribution is 2.02. The van der Waals surface area contributed by atoms with Gasteiger partial charge in [0.05, 0.1) is 19.3 Å². The summed E-state index contributed by atoms with van der Waals surface area (Å²) >= 11 is 0. The summed E-state index contributed by atoms with van der Waals surface area (Å²) in [5.41, 5.74) is 0.933. The minimum Gasteiger partial charge on any atom is -0.445 e. The first-order valence-electron chi connectivity index (χ1n) is 8.11. The van der Waals surface area contributed by atoms with Crippen LogP contribution >= 0.6 is 0 Å². The Morgan fingerprint density at radius 3 is 2.42 bits per heavy atom. The number of rotatable bonds is 11. The monoisotopic (exact) mass is 338 g/mol. The third-order valence-electron chi connectivity index (χ3n) is 3.37. The van der Waals surface area contributed by atoms with E-state index in [1.807, 2.05) is 30.3 Å². The van der Waals surface area contributed by atoms with Crippen molar-refractivity contribution in [3.05, 3.63) is 35.9 Å². The fourth-order valence-corrected chi connectivity index (χ4v) is 2.00. The van der Waals surface area contributed by atoms with Crippen LogP contribution in [0.3, 0.4) is 0 Å². The largest absolute Gasteiger partial charge is 0.445 e. The van der Waals surface area contributed by atoms with Crippen LogP contribution in [0.4, 0.5) is 4.79 Å². The second-order valence-corrected chi connectivity index (χ2v) is 5.43. The number of hydrogen-bond donors (Lipinski definition) is 4. The highest BCUT2D eigenvalue weighted by atomic mass is 16.5. The van der Waals surface area contributed by atoms with E-state index in [0.29, 0.717) is 19.4 Å². The minimum absolute atomic E-state index is 0.196. The number of amides is 2. The van der Waals surface area contributed by atoms with Gasteiger partial charge in [-0.3, -0.25) is 4.79 Å². The van der Waals surface area contributed by atoms with Gasteiger partial charge < -0.3 is 25.6 Å². The molecule has 1 aromatic rings. The molecule has 0 heterocycles. The summed E-state index contributed by atoms with van der Waals surface area (Å²) in [5.74, 6) is -0.196. The third kappa shape index (κ3) is 9.12. The number of ether oxygens (including phenoxy) is 1. The van der Waals surface area contributed by atoms with Crippen LogP contribution in [0.1, 0.15) is 31.2 Å². The van der Waals surface area contributed by atoms with Crippen molar-refractivity contribution in [1.29, 1.82) is 0 Å². The molecular weight excluding hydrogens is 312 g/mol. The van der Waals surface area contributed by atoms with Crippen LogP contribution in [0, 0.1) is 0 Å². The van der Waals surface area contributed by atoms with E-state index >= 15 is 0 Å². The lowest BCUT2D eigenvalue weighted by molar-refractivity contribution is -0.122. The summed E-state index contributed by atoms with van der Waals surface area (Å²) in [6, 6.07) is 8.84. The van der Waals surface area contributed by atoms with E-state index in [1.165, 1.54) is 0 Å². The number of unbranched alkanes of at least 4 members (excludes halogenated alkanes) is 2. The Morgan fingerprint density at radius 2 is 1.75 bits per heavy atom. The maximum atomic E-state index is 11.5. The van der Waals surface area contributed by atoms with Crippen LogP contribution in [-0.4, -0.2) is 48.0 Å². The molecule has 0 unspecified atom stereocenters. The SMILES string of the molecule is O=C(CCCCCNC(=O)OCc1ccccc1)NC(CO)CO. The van der Waals surface area contributed by atoms with E-state index in [-0.39, 0.29) is 25.7 Å². The summed E-state index contributed by atoms with van der Waals surface area (Å²) in [4.78, 5) is 23.0. The van der Waals surface area contributed by atoms with Crippen LogP contribution in [0.15, 0.2) is 30.3 Å². The summed E-state index contributed by atoms with van der Waals surface area (Å²) in [5, 5.41) is 22.9. The molecule has 0 fully saturated rings. The molecule has 0 atom stereocenters. The third-order valence-corrected chi connectivity index (χ3v) is 3.37. The molecule has 2 amide bonds. The van der Waals surface area contributed by atoms with Gasteiger partial charge in [-0.05, 0) is 18.4 Å². The Balaban J connectivity index is 1.99. The maximum absolute atomic E-state index is 11.5. The quantitative estimate of drug-likeness (QED) is 0.449. The number of nitrogens with one attached hydrogen (secondary N) is 2. The van der Waals surface area contributed by atoms with Crippen LogP contribution in [-0.2, 0) is 16.1 Å². The Hall–Kier alpha value is -2.12. The molecule has 24 heavy (non-hydrogen) atoms. The van der Waals surface area contributed by atoms with Crippen molar-refractivity contribution in [2.75, 3.05) is 19.8 Å². The summed E-state index contributed by atoms with van der Waals surface area (Å²) < 4.78 is 5.08. The van der Waals surface area contributed by atoms with E-state index in [2.05, 4.69) is 10.6 Å². The van der Waals surface area contributed by atoms with Gasteiger partial charge in [0.15, 0.2) is 0 Å². The zero-order valence-electron chi connectivity index (χ0n) is 13.7. The molecule has 7 heteroatoms. The van der Waals surface area contributed by atoms with Gasteiger partial charge in [0.25, 0.3) is 0 Å². The van der Waals surface area contributed by atoms with Gasteiger partial charge in [-0.1, -0.05) is 36.8 Å². The van der Waals surface area contributed by atoms with Gasteiger partial charge in [-0.25, -0.2) is 4.79 Å². The molecular formula is C17H26N2O5. The van der Waals surface area contributed by atoms with Crippen molar-refractivity contribution in [1.82, 2.24) is 10.6 Å². The number of aliphatic hydroxyl groups is 2. The lowest BCUT2D eigenvalue weighted by Gasteiger charge is -2.13. The average molecular weight is 338 g/mol. The number of aliphatic hydroxyl groups excluding tert-OH is 2. The Morgan fingerprint density at radius 1 is 1.04 bits per heavy atom. The Labute approximate surface area is 142 Å².